The highest BCUT2D eigenvalue weighted by Gasteiger charge is 2.30. The van der Waals surface area contributed by atoms with Gasteiger partial charge in [0, 0.05) is 10.5 Å². The Kier molecular flexibility index (Phi) is 6.77. The molecule has 0 amide bonds. The minimum absolute atomic E-state index is 0.330. The smallest absolute Gasteiger partial charge is 0.247 e. The fourth-order valence-corrected chi connectivity index (χ4v) is 3.22. The Morgan fingerprint density at radius 3 is 2.17 bits per heavy atom. The quantitative estimate of drug-likeness (QED) is 0.225. The number of benzene rings is 3. The van der Waals surface area contributed by atoms with Gasteiger partial charge >= 0.3 is 6.18 Å². The Balaban J connectivity index is 1.92. The molecule has 0 saturated heterocycles. The molecule has 0 aliphatic heterocycles. The van der Waals surface area contributed by atoms with Crippen LogP contribution in [0.25, 0.3) is 0 Å². The van der Waals surface area contributed by atoms with E-state index >= 15 is 0 Å². The molecule has 0 saturated carbocycles. The normalized spacial score (nSPS) is 12.5. The van der Waals surface area contributed by atoms with Crippen molar-refractivity contribution in [3.05, 3.63) is 106 Å². The molecule has 0 fully saturated rings. The summed E-state index contributed by atoms with van der Waals surface area (Å²) in [6, 6.07) is 17.7. The van der Waals surface area contributed by atoms with Crippen LogP contribution in [0.15, 0.2) is 94.2 Å². The van der Waals surface area contributed by atoms with Gasteiger partial charge in [0.25, 0.3) is 0 Å². The maximum Gasteiger partial charge on any atom is 0.416 e. The molecule has 0 radical (unpaired) electrons. The van der Waals surface area contributed by atoms with E-state index in [0.29, 0.717) is 22.0 Å². The molecule has 3 aromatic carbocycles. The van der Waals surface area contributed by atoms with Crippen molar-refractivity contribution >= 4 is 34.8 Å². The van der Waals surface area contributed by atoms with E-state index in [2.05, 4.69) is 4.99 Å². The van der Waals surface area contributed by atoms with E-state index in [-0.39, 0.29) is 5.82 Å². The molecule has 0 aliphatic carbocycles. The van der Waals surface area contributed by atoms with Crippen LogP contribution in [0.3, 0.4) is 0 Å². The predicted octanol–water partition coefficient (Wildman–Crippen LogP) is 7.92. The Hall–Kier alpha value is -2.57. The second-order valence-electron chi connectivity index (χ2n) is 5.90. The Bertz CT molecular complexity index is 1030. The second-order valence-corrected chi connectivity index (χ2v) is 7.28. The van der Waals surface area contributed by atoms with Crippen LogP contribution in [0.4, 0.5) is 23.2 Å². The molecule has 0 bridgehead atoms. The van der Waals surface area contributed by atoms with Crippen molar-refractivity contribution in [2.24, 2.45) is 4.99 Å². The predicted molar refractivity (Wildman–Crippen MR) is 110 cm³/mol. The topological polar surface area (TPSA) is 12.4 Å². The molecule has 3 rings (SSSR count). The number of rotatable bonds is 5. The first-order chi connectivity index (χ1) is 13.8. The molecule has 7 heteroatoms. The van der Waals surface area contributed by atoms with E-state index in [0.717, 1.165) is 17.0 Å². The maximum atomic E-state index is 13.0. The number of nitrogens with zero attached hydrogens (tertiary/aromatic N) is 1. The lowest BCUT2D eigenvalue weighted by atomic mass is 10.1. The zero-order chi connectivity index (χ0) is 20.9. The largest absolute Gasteiger partial charge is 0.416 e. The molecule has 0 aliphatic rings. The minimum atomic E-state index is -4.41. The molecule has 1 nitrogen and oxygen atoms in total. The molecule has 0 aromatic heterocycles. The van der Waals surface area contributed by atoms with Gasteiger partial charge in [-0.2, -0.15) is 13.2 Å². The molecular weight excluding hydrogens is 422 g/mol. The van der Waals surface area contributed by atoms with Crippen LogP contribution < -0.4 is 0 Å². The third kappa shape index (κ3) is 5.95. The van der Waals surface area contributed by atoms with E-state index in [1.54, 1.807) is 47.9 Å². The first-order valence-electron chi connectivity index (χ1n) is 8.42. The molecule has 0 heterocycles. The first kappa shape index (κ1) is 21.1. The van der Waals surface area contributed by atoms with E-state index in [4.69, 9.17) is 11.6 Å². The fourth-order valence-electron chi connectivity index (χ4n) is 2.39. The highest BCUT2D eigenvalue weighted by Crippen LogP contribution is 2.30. The highest BCUT2D eigenvalue weighted by atomic mass is 35.5. The number of hydrogen-bond acceptors (Lipinski definition) is 2. The van der Waals surface area contributed by atoms with Gasteiger partial charge in [-0.15, -0.1) is 0 Å². The first-order valence-corrected chi connectivity index (χ1v) is 9.68. The second kappa shape index (κ2) is 9.29. The summed E-state index contributed by atoms with van der Waals surface area (Å²) in [5.74, 6) is -0.330. The van der Waals surface area contributed by atoms with Crippen molar-refractivity contribution in [3.63, 3.8) is 0 Å². The maximum absolute atomic E-state index is 13.0. The number of hydrogen-bond donors (Lipinski definition) is 0. The van der Waals surface area contributed by atoms with Crippen LogP contribution in [0.1, 0.15) is 11.1 Å². The standard InChI is InChI=1S/C22H14ClF4NS/c23-19-3-1-2-4-21(19)28-20(13-14-29-18-11-9-17(24)10-12-18)15-5-7-16(8-6-15)22(25,26)27/h1-14H/b14-13+,28-20-. The van der Waals surface area contributed by atoms with Crippen molar-refractivity contribution < 1.29 is 17.6 Å². The van der Waals surface area contributed by atoms with Crippen molar-refractivity contribution in [2.75, 3.05) is 0 Å². The summed E-state index contributed by atoms with van der Waals surface area (Å²) in [6.45, 7) is 0. The lowest BCUT2D eigenvalue weighted by Gasteiger charge is -2.08. The van der Waals surface area contributed by atoms with Crippen LogP contribution in [-0.4, -0.2) is 5.71 Å². The Morgan fingerprint density at radius 1 is 0.897 bits per heavy atom. The lowest BCUT2D eigenvalue weighted by Crippen LogP contribution is -2.05. The molecule has 148 valence electrons. The SMILES string of the molecule is Fc1ccc(S/C=C/C(=N/c2ccccc2Cl)c2ccc(C(F)(F)F)cc2)cc1. The third-order valence-electron chi connectivity index (χ3n) is 3.85. The van der Waals surface area contributed by atoms with Crippen molar-refractivity contribution in [3.8, 4) is 0 Å². The van der Waals surface area contributed by atoms with E-state index in [9.17, 15) is 17.6 Å². The van der Waals surface area contributed by atoms with Crippen LogP contribution in [-0.2, 0) is 6.18 Å². The molecule has 0 spiro atoms. The number of allylic oxidation sites excluding steroid dienone is 1. The summed E-state index contributed by atoms with van der Waals surface area (Å²) >= 11 is 7.50. The average Bonchev–Trinajstić information content (AvgIpc) is 2.70. The zero-order valence-electron chi connectivity index (χ0n) is 14.8. The van der Waals surface area contributed by atoms with Gasteiger partial charge in [-0.1, -0.05) is 47.6 Å². The number of halogens is 5. The summed E-state index contributed by atoms with van der Waals surface area (Å²) < 4.78 is 51.6. The molecule has 0 unspecified atom stereocenters. The third-order valence-corrected chi connectivity index (χ3v) is 4.98. The van der Waals surface area contributed by atoms with Crippen LogP contribution in [0, 0.1) is 5.82 Å². The number of thioether (sulfide) groups is 1. The van der Waals surface area contributed by atoms with E-state index in [1.807, 2.05) is 0 Å². The Morgan fingerprint density at radius 2 is 1.55 bits per heavy atom. The Labute approximate surface area is 174 Å². The van der Waals surface area contributed by atoms with E-state index in [1.165, 1.54) is 36.0 Å². The minimum Gasteiger partial charge on any atom is -0.247 e. The average molecular weight is 436 g/mol. The van der Waals surface area contributed by atoms with Crippen molar-refractivity contribution in [2.45, 2.75) is 11.1 Å². The van der Waals surface area contributed by atoms with Crippen LogP contribution in [0.5, 0.6) is 0 Å². The van der Waals surface area contributed by atoms with Crippen LogP contribution >= 0.6 is 23.4 Å². The van der Waals surface area contributed by atoms with Crippen molar-refractivity contribution in [1.82, 2.24) is 0 Å². The number of alkyl halides is 3. The van der Waals surface area contributed by atoms with E-state index < -0.39 is 11.7 Å². The summed E-state index contributed by atoms with van der Waals surface area (Å²) in [4.78, 5) is 5.32. The fraction of sp³-hybridized carbons (Fsp3) is 0.0455. The van der Waals surface area contributed by atoms with Gasteiger partial charge in [0.15, 0.2) is 0 Å². The number of para-hydroxylation sites is 1. The van der Waals surface area contributed by atoms with Gasteiger partial charge in [0.2, 0.25) is 0 Å². The van der Waals surface area contributed by atoms with Gasteiger partial charge < -0.3 is 0 Å². The molecule has 3 aromatic rings. The molecule has 0 N–H and O–H groups in total. The lowest BCUT2D eigenvalue weighted by molar-refractivity contribution is -0.137. The number of aliphatic imine (C=N–C) groups is 1. The molecule has 0 atom stereocenters. The highest BCUT2D eigenvalue weighted by molar-refractivity contribution is 8.02. The van der Waals surface area contributed by atoms with Gasteiger partial charge in [0.05, 0.1) is 22.0 Å². The summed E-state index contributed by atoms with van der Waals surface area (Å²) in [5, 5.41) is 2.16. The van der Waals surface area contributed by atoms with Gasteiger partial charge in [-0.3, -0.25) is 0 Å². The monoisotopic (exact) mass is 435 g/mol. The van der Waals surface area contributed by atoms with Crippen molar-refractivity contribution in [1.29, 1.82) is 0 Å². The van der Waals surface area contributed by atoms with Gasteiger partial charge in [-0.25, -0.2) is 9.38 Å². The van der Waals surface area contributed by atoms with Gasteiger partial charge in [0.1, 0.15) is 5.82 Å². The molecular formula is C22H14ClF4NS. The summed E-state index contributed by atoms with van der Waals surface area (Å²) in [7, 11) is 0. The summed E-state index contributed by atoms with van der Waals surface area (Å²) in [6.07, 6.45) is -2.73. The van der Waals surface area contributed by atoms with Crippen LogP contribution in [0.2, 0.25) is 5.02 Å². The zero-order valence-corrected chi connectivity index (χ0v) is 16.4. The molecule has 29 heavy (non-hydrogen) atoms. The van der Waals surface area contributed by atoms with Gasteiger partial charge in [-0.05, 0) is 60.0 Å². The summed E-state index contributed by atoms with van der Waals surface area (Å²) in [5.41, 5.74) is 0.721.